The first kappa shape index (κ1) is 19.9. The van der Waals surface area contributed by atoms with Crippen molar-refractivity contribution < 1.29 is 49.2 Å². The quantitative estimate of drug-likeness (QED) is 0.261. The zero-order valence-corrected chi connectivity index (χ0v) is 11.1. The zero-order chi connectivity index (χ0) is 12.5. The summed E-state index contributed by atoms with van der Waals surface area (Å²) >= 11 is 0. The molecule has 5 N–H and O–H groups in total. The minimum atomic E-state index is -5.52. The first-order valence-electron chi connectivity index (χ1n) is 3.91. The Morgan fingerprint density at radius 3 is 2.39 bits per heavy atom. The number of carbonyl (C=O) groups is 1. The summed E-state index contributed by atoms with van der Waals surface area (Å²) in [6.45, 7) is -0.846. The molecule has 0 aromatic carbocycles. The summed E-state index contributed by atoms with van der Waals surface area (Å²) in [5, 5.41) is 26.8. The number of phosphoric acid groups is 1. The number of aliphatic hydroxyl groups excluding tert-OH is 3. The van der Waals surface area contributed by atoms with Crippen LogP contribution in [0, 0.1) is 0 Å². The third-order valence-electron chi connectivity index (χ3n) is 1.66. The van der Waals surface area contributed by atoms with Crippen LogP contribution in [-0.4, -0.2) is 68.6 Å². The van der Waals surface area contributed by atoms with Crippen molar-refractivity contribution in [3.63, 3.8) is 0 Å². The van der Waals surface area contributed by atoms with Crippen molar-refractivity contribution in [3.05, 3.63) is 11.5 Å². The van der Waals surface area contributed by atoms with E-state index < -0.39 is 44.1 Å². The number of hydrogen-bond acceptors (Lipinski definition) is 9. The summed E-state index contributed by atoms with van der Waals surface area (Å²) in [7, 11) is -5.52. The van der Waals surface area contributed by atoms with E-state index in [1.165, 1.54) is 0 Å². The molecule has 0 saturated carbocycles. The summed E-state index contributed by atoms with van der Waals surface area (Å²) in [5.41, 5.74) is 0. The van der Waals surface area contributed by atoms with Gasteiger partial charge in [-0.1, -0.05) is 0 Å². The Hall–Kier alpha value is -0.394. The smallest absolute Gasteiger partial charge is 0.780 e. The van der Waals surface area contributed by atoms with Crippen LogP contribution in [0.25, 0.3) is 0 Å². The first-order valence-corrected chi connectivity index (χ1v) is 5.37. The van der Waals surface area contributed by atoms with Crippen molar-refractivity contribution in [2.75, 3.05) is 6.61 Å². The van der Waals surface area contributed by atoms with Crippen molar-refractivity contribution in [2.45, 2.75) is 12.2 Å². The summed E-state index contributed by atoms with van der Waals surface area (Å²) in [6.07, 6.45) is -3.30. The summed E-state index contributed by atoms with van der Waals surface area (Å²) in [6, 6.07) is 0. The molecule has 0 amide bonds. The second-order valence-electron chi connectivity index (χ2n) is 2.83. The SMILES string of the molecule is O.O=C1O[C@H]([C@@H](O)CO)C(O)=C1OP(=O)([O-])[O-].[Mg+2]. The van der Waals surface area contributed by atoms with Gasteiger partial charge in [-0.15, -0.1) is 0 Å². The average molecular weight is 296 g/mol. The first-order chi connectivity index (χ1) is 7.26. The van der Waals surface area contributed by atoms with Gasteiger partial charge >= 0.3 is 29.0 Å². The topological polar surface area (TPSA) is 191 Å². The van der Waals surface area contributed by atoms with E-state index >= 15 is 0 Å². The molecule has 1 aliphatic rings. The molecule has 1 rings (SSSR count). The molecular formula is C6H9MgO10P. The predicted octanol–water partition coefficient (Wildman–Crippen LogP) is -4.33. The van der Waals surface area contributed by atoms with Crippen LogP contribution in [0.15, 0.2) is 11.5 Å². The molecule has 100 valence electrons. The monoisotopic (exact) mass is 296 g/mol. The molecule has 1 heterocycles. The maximum absolute atomic E-state index is 10.9. The van der Waals surface area contributed by atoms with E-state index in [2.05, 4.69) is 9.26 Å². The van der Waals surface area contributed by atoms with Crippen molar-refractivity contribution in [3.8, 4) is 0 Å². The molecular weight excluding hydrogens is 287 g/mol. The van der Waals surface area contributed by atoms with E-state index in [1.807, 2.05) is 0 Å². The number of aliphatic hydroxyl groups is 3. The molecule has 0 aliphatic carbocycles. The van der Waals surface area contributed by atoms with Gasteiger partial charge in [0.15, 0.2) is 11.9 Å². The van der Waals surface area contributed by atoms with Gasteiger partial charge in [-0.3, -0.25) is 0 Å². The van der Waals surface area contributed by atoms with Crippen LogP contribution in [0.5, 0.6) is 0 Å². The Morgan fingerprint density at radius 1 is 1.50 bits per heavy atom. The molecule has 0 aromatic heterocycles. The number of ether oxygens (including phenoxy) is 1. The van der Waals surface area contributed by atoms with Crippen molar-refractivity contribution in [2.24, 2.45) is 0 Å². The van der Waals surface area contributed by atoms with E-state index in [0.717, 1.165) is 0 Å². The van der Waals surface area contributed by atoms with Crippen LogP contribution in [0.1, 0.15) is 0 Å². The van der Waals surface area contributed by atoms with Crippen LogP contribution >= 0.6 is 7.82 Å². The Morgan fingerprint density at radius 2 is 2.00 bits per heavy atom. The van der Waals surface area contributed by atoms with Crippen LogP contribution in [0.2, 0.25) is 0 Å². The van der Waals surface area contributed by atoms with Gasteiger partial charge < -0.3 is 44.4 Å². The van der Waals surface area contributed by atoms with Crippen LogP contribution < -0.4 is 9.79 Å². The van der Waals surface area contributed by atoms with Gasteiger partial charge in [-0.25, -0.2) is 4.79 Å². The Labute approximate surface area is 117 Å². The van der Waals surface area contributed by atoms with Gasteiger partial charge in [0.25, 0.3) is 5.76 Å². The number of rotatable bonds is 4. The molecule has 0 bridgehead atoms. The third-order valence-corrected chi connectivity index (χ3v) is 2.07. The van der Waals surface area contributed by atoms with Crippen LogP contribution in [0.4, 0.5) is 0 Å². The van der Waals surface area contributed by atoms with Gasteiger partial charge in [0.1, 0.15) is 13.9 Å². The maximum Gasteiger partial charge on any atom is 2.00 e. The minimum absolute atomic E-state index is 0. The Kier molecular flexibility index (Phi) is 8.04. The molecule has 0 radical (unpaired) electrons. The van der Waals surface area contributed by atoms with Crippen LogP contribution in [-0.2, 0) is 18.6 Å². The molecule has 0 aromatic rings. The maximum atomic E-state index is 10.9. The van der Waals surface area contributed by atoms with E-state index in [-0.39, 0.29) is 28.5 Å². The van der Waals surface area contributed by atoms with Gasteiger partial charge in [-0.05, 0) is 0 Å². The molecule has 0 spiro atoms. The standard InChI is InChI=1S/C6H9O9P.Mg.H2O/c7-1-2(8)4-3(9)5(6(10)14-4)15-16(11,12)13;;/h2,4,7-9H,1H2,(H2,11,12,13);;1H2/q;+2;/p-2/t2-,4+;;/m0../s1. The van der Waals surface area contributed by atoms with E-state index in [0.29, 0.717) is 0 Å². The molecule has 10 nitrogen and oxygen atoms in total. The van der Waals surface area contributed by atoms with E-state index in [1.54, 1.807) is 0 Å². The molecule has 0 unspecified atom stereocenters. The Bertz CT molecular complexity index is 375. The van der Waals surface area contributed by atoms with Crippen molar-refractivity contribution in [1.29, 1.82) is 0 Å². The fourth-order valence-corrected chi connectivity index (χ4v) is 1.40. The van der Waals surface area contributed by atoms with Crippen LogP contribution in [0.3, 0.4) is 0 Å². The third kappa shape index (κ3) is 4.70. The number of hydrogen-bond donors (Lipinski definition) is 3. The predicted molar refractivity (Wildman–Crippen MR) is 50.7 cm³/mol. The van der Waals surface area contributed by atoms with Gasteiger partial charge in [0.2, 0.25) is 0 Å². The fourth-order valence-electron chi connectivity index (χ4n) is 1.01. The second-order valence-corrected chi connectivity index (χ2v) is 3.91. The largest absolute Gasteiger partial charge is 2.00 e. The number of esters is 1. The molecule has 12 heteroatoms. The molecule has 0 saturated heterocycles. The van der Waals surface area contributed by atoms with Gasteiger partial charge in [0.05, 0.1) is 6.61 Å². The molecule has 2 atom stereocenters. The number of phosphoric ester groups is 1. The summed E-state index contributed by atoms with van der Waals surface area (Å²) in [5.74, 6) is -3.67. The zero-order valence-electron chi connectivity index (χ0n) is 8.81. The summed E-state index contributed by atoms with van der Waals surface area (Å²) < 4.78 is 18.2. The van der Waals surface area contributed by atoms with Crippen molar-refractivity contribution in [1.82, 2.24) is 0 Å². The summed E-state index contributed by atoms with van der Waals surface area (Å²) in [4.78, 5) is 31.4. The van der Waals surface area contributed by atoms with Gasteiger partial charge in [0, 0.05) is 0 Å². The average Bonchev–Trinajstić information content (AvgIpc) is 2.42. The molecule has 1 aliphatic heterocycles. The molecule has 0 fully saturated rings. The van der Waals surface area contributed by atoms with Gasteiger partial charge in [-0.2, -0.15) is 0 Å². The fraction of sp³-hybridized carbons (Fsp3) is 0.500. The Balaban J connectivity index is 0. The van der Waals surface area contributed by atoms with E-state index in [4.69, 9.17) is 10.2 Å². The van der Waals surface area contributed by atoms with Crippen molar-refractivity contribution >= 4 is 36.8 Å². The van der Waals surface area contributed by atoms with E-state index in [9.17, 15) is 24.3 Å². The number of carbonyl (C=O) groups excluding carboxylic acids is 1. The number of cyclic esters (lactones) is 1. The second kappa shape index (κ2) is 7.26. The minimum Gasteiger partial charge on any atom is -0.780 e. The molecule has 18 heavy (non-hydrogen) atoms. The normalized spacial score (nSPS) is 20.7.